The van der Waals surface area contributed by atoms with Gasteiger partial charge in [0.1, 0.15) is 0 Å². The summed E-state index contributed by atoms with van der Waals surface area (Å²) in [5.41, 5.74) is 0. The van der Waals surface area contributed by atoms with E-state index in [0.29, 0.717) is 5.02 Å². The molecule has 0 heterocycles. The van der Waals surface area contributed by atoms with Crippen LogP contribution in [0.5, 0.6) is 0 Å². The molecule has 1 rings (SSSR count). The minimum atomic E-state index is -3.35. The molecular weight excluding hydrogens is 234 g/mol. The fourth-order valence-corrected chi connectivity index (χ4v) is 2.11. The molecule has 0 saturated heterocycles. The first-order chi connectivity index (χ1) is 6.92. The van der Waals surface area contributed by atoms with Gasteiger partial charge in [-0.25, -0.2) is 8.42 Å². The molecule has 5 heteroatoms. The predicted molar refractivity (Wildman–Crippen MR) is 61.5 cm³/mol. The lowest BCUT2D eigenvalue weighted by Crippen LogP contribution is -2.03. The van der Waals surface area contributed by atoms with Crippen molar-refractivity contribution < 1.29 is 8.42 Å². The Labute approximate surface area is 94.9 Å². The summed E-state index contributed by atoms with van der Waals surface area (Å²) in [4.78, 5) is 1.90. The fourth-order valence-electron chi connectivity index (χ4n) is 0.905. The average molecular weight is 246 g/mol. The molecule has 0 aliphatic heterocycles. The van der Waals surface area contributed by atoms with Crippen LogP contribution in [-0.4, -0.2) is 27.4 Å². The molecule has 0 aromatic heterocycles. The first-order valence-electron chi connectivity index (χ1n) is 4.27. The highest BCUT2D eigenvalue weighted by Gasteiger charge is 2.09. The van der Waals surface area contributed by atoms with E-state index in [9.17, 15) is 8.42 Å². The summed E-state index contributed by atoms with van der Waals surface area (Å²) in [6.45, 7) is 0. The number of benzene rings is 1. The molecular formula is C10H12ClNO2S. The quantitative estimate of drug-likeness (QED) is 0.819. The molecule has 0 radical (unpaired) electrons. The normalized spacial score (nSPS) is 11.9. The molecule has 0 saturated carbocycles. The summed E-state index contributed by atoms with van der Waals surface area (Å²) in [5.74, 6) is 0. The van der Waals surface area contributed by atoms with E-state index in [1.807, 2.05) is 0 Å². The molecule has 0 aliphatic rings. The lowest BCUT2D eigenvalue weighted by Gasteiger charge is -2.04. The molecule has 0 unspecified atom stereocenters. The maximum absolute atomic E-state index is 11.7. The van der Waals surface area contributed by atoms with Crippen LogP contribution in [-0.2, 0) is 9.84 Å². The van der Waals surface area contributed by atoms with E-state index >= 15 is 0 Å². The van der Waals surface area contributed by atoms with Gasteiger partial charge in [-0.05, 0) is 24.3 Å². The summed E-state index contributed by atoms with van der Waals surface area (Å²) < 4.78 is 23.4. The highest BCUT2D eigenvalue weighted by atomic mass is 35.5. The molecule has 82 valence electrons. The zero-order chi connectivity index (χ0) is 11.5. The van der Waals surface area contributed by atoms with Crippen molar-refractivity contribution in [2.24, 2.45) is 0 Å². The maximum atomic E-state index is 11.7. The van der Waals surface area contributed by atoms with Crippen LogP contribution in [0.25, 0.3) is 0 Å². The zero-order valence-electron chi connectivity index (χ0n) is 8.51. The molecule has 0 amide bonds. The standard InChI is InChI=1S/C10H12ClNO2S/c1-12(2)7-8-15(13,14)10-5-3-9(11)4-6-10/h3-8H,1-2H3/b8-7+. The number of rotatable bonds is 3. The van der Waals surface area contributed by atoms with Crippen LogP contribution in [0, 0.1) is 0 Å². The van der Waals surface area contributed by atoms with Gasteiger partial charge in [0.15, 0.2) is 0 Å². The molecule has 15 heavy (non-hydrogen) atoms. The minimum Gasteiger partial charge on any atom is -0.383 e. The number of hydrogen-bond donors (Lipinski definition) is 0. The SMILES string of the molecule is CN(C)/C=C/S(=O)(=O)c1ccc(Cl)cc1. The number of nitrogens with zero attached hydrogens (tertiary/aromatic N) is 1. The molecule has 1 aromatic rings. The van der Waals surface area contributed by atoms with Crippen molar-refractivity contribution in [1.29, 1.82) is 0 Å². The smallest absolute Gasteiger partial charge is 0.201 e. The van der Waals surface area contributed by atoms with E-state index in [0.717, 1.165) is 5.41 Å². The summed E-state index contributed by atoms with van der Waals surface area (Å²) in [6, 6.07) is 6.07. The van der Waals surface area contributed by atoms with Crippen molar-refractivity contribution in [2.75, 3.05) is 14.1 Å². The van der Waals surface area contributed by atoms with Gasteiger partial charge in [-0.3, -0.25) is 0 Å². The second-order valence-electron chi connectivity index (χ2n) is 3.25. The second-order valence-corrected chi connectivity index (χ2v) is 5.52. The Kier molecular flexibility index (Phi) is 3.77. The van der Waals surface area contributed by atoms with Crippen molar-refractivity contribution >= 4 is 21.4 Å². The predicted octanol–water partition coefficient (Wildman–Crippen LogP) is 2.15. The van der Waals surface area contributed by atoms with Crippen LogP contribution in [0.2, 0.25) is 5.02 Å². The lowest BCUT2D eigenvalue weighted by atomic mass is 10.4. The average Bonchev–Trinajstić information content (AvgIpc) is 2.16. The van der Waals surface area contributed by atoms with E-state index in [4.69, 9.17) is 11.6 Å². The topological polar surface area (TPSA) is 37.4 Å². The van der Waals surface area contributed by atoms with Crippen molar-refractivity contribution in [1.82, 2.24) is 4.90 Å². The molecule has 0 spiro atoms. The zero-order valence-corrected chi connectivity index (χ0v) is 10.1. The number of halogens is 1. The van der Waals surface area contributed by atoms with Gasteiger partial charge in [0, 0.05) is 25.3 Å². The van der Waals surface area contributed by atoms with Crippen molar-refractivity contribution in [2.45, 2.75) is 4.90 Å². The molecule has 0 aliphatic carbocycles. The van der Waals surface area contributed by atoms with Crippen LogP contribution in [0.15, 0.2) is 40.8 Å². The third-order valence-electron chi connectivity index (χ3n) is 1.68. The van der Waals surface area contributed by atoms with Crippen LogP contribution < -0.4 is 0 Å². The summed E-state index contributed by atoms with van der Waals surface area (Å²) in [6.07, 6.45) is 1.49. The third kappa shape index (κ3) is 3.57. The first-order valence-corrected chi connectivity index (χ1v) is 6.19. The van der Waals surface area contributed by atoms with Crippen molar-refractivity contribution in [3.8, 4) is 0 Å². The Morgan fingerprint density at radius 2 is 1.73 bits per heavy atom. The van der Waals surface area contributed by atoms with E-state index in [-0.39, 0.29) is 4.90 Å². The Hall–Kier alpha value is -1.00. The number of sulfone groups is 1. The highest BCUT2D eigenvalue weighted by Crippen LogP contribution is 2.15. The monoisotopic (exact) mass is 245 g/mol. The molecule has 0 atom stereocenters. The molecule has 1 aromatic carbocycles. The summed E-state index contributed by atoms with van der Waals surface area (Å²) in [7, 11) is 0.163. The Bertz CT molecular complexity index is 449. The molecule has 0 bridgehead atoms. The van der Waals surface area contributed by atoms with Gasteiger partial charge in [-0.2, -0.15) is 0 Å². The van der Waals surface area contributed by atoms with Crippen LogP contribution in [0.4, 0.5) is 0 Å². The van der Waals surface area contributed by atoms with E-state index < -0.39 is 9.84 Å². The van der Waals surface area contributed by atoms with Gasteiger partial charge in [0.05, 0.1) is 10.3 Å². The van der Waals surface area contributed by atoms with Crippen LogP contribution in [0.1, 0.15) is 0 Å². The van der Waals surface area contributed by atoms with E-state index in [1.165, 1.54) is 18.3 Å². The Balaban J connectivity index is 3.02. The van der Waals surface area contributed by atoms with Gasteiger partial charge in [0.25, 0.3) is 0 Å². The van der Waals surface area contributed by atoms with Gasteiger partial charge >= 0.3 is 0 Å². The van der Waals surface area contributed by atoms with Gasteiger partial charge in [-0.1, -0.05) is 11.6 Å². The largest absolute Gasteiger partial charge is 0.383 e. The fraction of sp³-hybridized carbons (Fsp3) is 0.200. The summed E-state index contributed by atoms with van der Waals surface area (Å²) >= 11 is 5.67. The lowest BCUT2D eigenvalue weighted by molar-refractivity contribution is 0.562. The van der Waals surface area contributed by atoms with E-state index in [1.54, 1.807) is 31.1 Å². The molecule has 0 N–H and O–H groups in total. The maximum Gasteiger partial charge on any atom is 0.201 e. The van der Waals surface area contributed by atoms with Crippen LogP contribution in [0.3, 0.4) is 0 Å². The number of hydrogen-bond acceptors (Lipinski definition) is 3. The van der Waals surface area contributed by atoms with Gasteiger partial charge in [-0.15, -0.1) is 0 Å². The Morgan fingerprint density at radius 1 is 1.20 bits per heavy atom. The minimum absolute atomic E-state index is 0.241. The van der Waals surface area contributed by atoms with Gasteiger partial charge < -0.3 is 4.90 Å². The first kappa shape index (κ1) is 12.1. The second kappa shape index (κ2) is 4.68. The Morgan fingerprint density at radius 3 is 2.20 bits per heavy atom. The summed E-state index contributed by atoms with van der Waals surface area (Å²) in [5, 5.41) is 1.68. The van der Waals surface area contributed by atoms with Crippen LogP contribution >= 0.6 is 11.6 Å². The van der Waals surface area contributed by atoms with Crippen molar-refractivity contribution in [3.63, 3.8) is 0 Å². The van der Waals surface area contributed by atoms with E-state index in [2.05, 4.69) is 0 Å². The molecule has 3 nitrogen and oxygen atoms in total. The molecule has 0 fully saturated rings. The van der Waals surface area contributed by atoms with Gasteiger partial charge in [0.2, 0.25) is 9.84 Å². The highest BCUT2D eigenvalue weighted by molar-refractivity contribution is 7.94. The third-order valence-corrected chi connectivity index (χ3v) is 3.34. The van der Waals surface area contributed by atoms with Crippen molar-refractivity contribution in [3.05, 3.63) is 40.9 Å².